The Kier molecular flexibility index (Phi) is 5.21. The number of non-ortho nitro benzene ring substituents is 1. The van der Waals surface area contributed by atoms with Crippen molar-refractivity contribution in [3.8, 4) is 5.75 Å². The fourth-order valence-corrected chi connectivity index (χ4v) is 4.22. The van der Waals surface area contributed by atoms with E-state index >= 15 is 0 Å². The highest BCUT2D eigenvalue weighted by Crippen LogP contribution is 2.30. The van der Waals surface area contributed by atoms with Gasteiger partial charge in [0.25, 0.3) is 21.6 Å². The molecule has 2 aromatic carbocycles. The molecular formula is C17H12N3O6S2-. The maximum Gasteiger partial charge on any atom is 0.284 e. The van der Waals surface area contributed by atoms with Crippen LogP contribution in [0.5, 0.6) is 5.75 Å². The zero-order valence-corrected chi connectivity index (χ0v) is 15.9. The van der Waals surface area contributed by atoms with E-state index in [4.69, 9.17) is 0 Å². The lowest BCUT2D eigenvalue weighted by Crippen LogP contribution is -2.20. The van der Waals surface area contributed by atoms with Gasteiger partial charge < -0.3 is 5.11 Å². The summed E-state index contributed by atoms with van der Waals surface area (Å²) < 4.78 is 28.3. The minimum absolute atomic E-state index is 0.00421. The minimum Gasteiger partial charge on any atom is -0.872 e. The third kappa shape index (κ3) is 4.21. The summed E-state index contributed by atoms with van der Waals surface area (Å²) in [7, 11) is -4.03. The Morgan fingerprint density at radius 3 is 2.50 bits per heavy atom. The van der Waals surface area contributed by atoms with Gasteiger partial charge in [-0.25, -0.2) is 0 Å². The van der Waals surface area contributed by atoms with E-state index in [1.165, 1.54) is 12.1 Å². The number of nitro benzene ring substituents is 1. The minimum atomic E-state index is -4.03. The van der Waals surface area contributed by atoms with Crippen LogP contribution in [-0.2, 0) is 14.8 Å². The summed E-state index contributed by atoms with van der Waals surface area (Å²) >= 11 is 0.724. The van der Waals surface area contributed by atoms with Crippen LogP contribution in [0.1, 0.15) is 11.1 Å². The fraction of sp³-hybridized carbons (Fsp3) is 0.0588. The molecular weight excluding hydrogens is 406 g/mol. The summed E-state index contributed by atoms with van der Waals surface area (Å²) in [5, 5.41) is 24.9. The summed E-state index contributed by atoms with van der Waals surface area (Å²) in [6, 6.07) is 9.18. The van der Waals surface area contributed by atoms with Crippen LogP contribution in [0.2, 0.25) is 0 Å². The van der Waals surface area contributed by atoms with Crippen LogP contribution in [0.15, 0.2) is 56.7 Å². The molecule has 0 radical (unpaired) electrons. The Balaban J connectivity index is 1.90. The third-order valence-corrected chi connectivity index (χ3v) is 5.98. The Labute approximate surface area is 164 Å². The van der Waals surface area contributed by atoms with Crippen LogP contribution in [-0.4, -0.2) is 24.4 Å². The molecule has 1 heterocycles. The molecule has 0 aromatic heterocycles. The number of amides is 1. The molecule has 0 unspecified atom stereocenters. The monoisotopic (exact) mass is 418 g/mol. The van der Waals surface area contributed by atoms with E-state index in [9.17, 15) is 28.4 Å². The molecule has 28 heavy (non-hydrogen) atoms. The zero-order valence-electron chi connectivity index (χ0n) is 14.3. The number of amidine groups is 1. The molecule has 1 aliphatic heterocycles. The number of nitro groups is 1. The molecule has 11 heteroatoms. The molecule has 1 N–H and O–H groups in total. The van der Waals surface area contributed by atoms with Crippen molar-refractivity contribution in [1.29, 1.82) is 0 Å². The second-order valence-corrected chi connectivity index (χ2v) is 8.36. The average molecular weight is 418 g/mol. The van der Waals surface area contributed by atoms with Gasteiger partial charge in [0.15, 0.2) is 5.17 Å². The van der Waals surface area contributed by atoms with Crippen LogP contribution in [0.4, 0.5) is 5.69 Å². The van der Waals surface area contributed by atoms with Gasteiger partial charge in [-0.15, -0.1) is 10.1 Å². The molecule has 1 amide bonds. The summed E-state index contributed by atoms with van der Waals surface area (Å²) in [6.07, 6.45) is 1.16. The molecule has 3 rings (SSSR count). The quantitative estimate of drug-likeness (QED) is 0.454. The van der Waals surface area contributed by atoms with Gasteiger partial charge in [-0.05, 0) is 42.5 Å². The van der Waals surface area contributed by atoms with Crippen molar-refractivity contribution in [2.24, 2.45) is 4.40 Å². The highest BCUT2D eigenvalue weighted by molar-refractivity contribution is 8.19. The molecule has 2 aromatic rings. The van der Waals surface area contributed by atoms with Gasteiger partial charge in [-0.1, -0.05) is 23.8 Å². The van der Waals surface area contributed by atoms with Crippen LogP contribution in [0, 0.1) is 17.0 Å². The van der Waals surface area contributed by atoms with Gasteiger partial charge in [0.05, 0.1) is 14.7 Å². The maximum atomic E-state index is 12.3. The van der Waals surface area contributed by atoms with Crippen molar-refractivity contribution in [3.05, 3.63) is 68.6 Å². The van der Waals surface area contributed by atoms with Crippen molar-refractivity contribution in [3.63, 3.8) is 0 Å². The number of carbonyl (C=O) groups excluding carboxylic acids is 1. The maximum absolute atomic E-state index is 12.3. The van der Waals surface area contributed by atoms with E-state index in [1.807, 2.05) is 6.92 Å². The van der Waals surface area contributed by atoms with Crippen LogP contribution < -0.4 is 10.4 Å². The topological polar surface area (TPSA) is 142 Å². The van der Waals surface area contributed by atoms with E-state index in [0.29, 0.717) is 0 Å². The number of nitrogens with one attached hydrogen (secondary N) is 1. The number of benzene rings is 2. The van der Waals surface area contributed by atoms with E-state index in [2.05, 4.69) is 9.71 Å². The van der Waals surface area contributed by atoms with Gasteiger partial charge >= 0.3 is 0 Å². The lowest BCUT2D eigenvalue weighted by Gasteiger charge is -2.09. The molecule has 0 bridgehead atoms. The van der Waals surface area contributed by atoms with Crippen molar-refractivity contribution in [2.75, 3.05) is 0 Å². The first-order chi connectivity index (χ1) is 13.2. The fourth-order valence-electron chi connectivity index (χ4n) is 2.25. The Hall–Kier alpha value is -3.18. The summed E-state index contributed by atoms with van der Waals surface area (Å²) in [5.41, 5.74) is 0.519. The lowest BCUT2D eigenvalue weighted by atomic mass is 10.1. The standard InChI is InChI=1S/C17H13N3O6S2/c1-10-2-5-13(6-3-10)28(25,26)19-17-18-16(22)15(27-17)9-11-8-12(20(23)24)4-7-14(11)21/h2-9,21H,1H3,(H,18,19,22)/p-1/b15-9-. The smallest absolute Gasteiger partial charge is 0.284 e. The van der Waals surface area contributed by atoms with Crippen molar-refractivity contribution < 1.29 is 23.2 Å². The van der Waals surface area contributed by atoms with Gasteiger partial charge in [0, 0.05) is 12.1 Å². The number of hydrogen-bond acceptors (Lipinski definition) is 7. The second-order valence-electron chi connectivity index (χ2n) is 5.73. The largest absolute Gasteiger partial charge is 0.872 e. The van der Waals surface area contributed by atoms with Crippen molar-refractivity contribution in [1.82, 2.24) is 5.32 Å². The Morgan fingerprint density at radius 2 is 1.86 bits per heavy atom. The first kappa shape index (κ1) is 19.6. The number of carbonyl (C=O) groups is 1. The number of sulfonamides is 1. The molecule has 1 aliphatic rings. The molecule has 0 saturated carbocycles. The zero-order chi connectivity index (χ0) is 20.5. The molecule has 0 spiro atoms. The van der Waals surface area contributed by atoms with E-state index in [-0.39, 0.29) is 26.2 Å². The molecule has 144 valence electrons. The SMILES string of the molecule is Cc1ccc(S(=O)(=O)/N=C2\NC(=O)/C(=C/c3cc([N+](=O)[O-])ccc3[O-])S2)cc1. The van der Waals surface area contributed by atoms with E-state index in [0.717, 1.165) is 41.6 Å². The first-order valence-electron chi connectivity index (χ1n) is 7.74. The number of hydrogen-bond donors (Lipinski definition) is 1. The predicted octanol–water partition coefficient (Wildman–Crippen LogP) is 1.93. The third-order valence-electron chi connectivity index (χ3n) is 3.66. The first-order valence-corrected chi connectivity index (χ1v) is 9.99. The molecule has 0 aliphatic carbocycles. The Bertz CT molecular complexity index is 1140. The van der Waals surface area contributed by atoms with Crippen LogP contribution in [0.3, 0.4) is 0 Å². The summed E-state index contributed by atoms with van der Waals surface area (Å²) in [5.74, 6) is -1.17. The molecule has 9 nitrogen and oxygen atoms in total. The second kappa shape index (κ2) is 7.44. The highest BCUT2D eigenvalue weighted by Gasteiger charge is 2.26. The Morgan fingerprint density at radius 1 is 1.18 bits per heavy atom. The normalized spacial score (nSPS) is 17.1. The number of rotatable bonds is 4. The van der Waals surface area contributed by atoms with Crippen molar-refractivity contribution in [2.45, 2.75) is 11.8 Å². The number of nitrogens with zero attached hydrogens (tertiary/aromatic N) is 2. The lowest BCUT2D eigenvalue weighted by molar-refractivity contribution is -0.385. The van der Waals surface area contributed by atoms with Gasteiger partial charge in [-0.3, -0.25) is 20.2 Å². The van der Waals surface area contributed by atoms with E-state index < -0.39 is 26.6 Å². The van der Waals surface area contributed by atoms with Gasteiger partial charge in [-0.2, -0.15) is 8.42 Å². The van der Waals surface area contributed by atoms with Crippen LogP contribution in [0.25, 0.3) is 6.08 Å². The van der Waals surface area contributed by atoms with Gasteiger partial charge in [0.1, 0.15) is 0 Å². The average Bonchev–Trinajstić information content (AvgIpc) is 2.95. The van der Waals surface area contributed by atoms with Gasteiger partial charge in [0.2, 0.25) is 0 Å². The van der Waals surface area contributed by atoms with Crippen molar-refractivity contribution >= 4 is 44.6 Å². The predicted molar refractivity (Wildman–Crippen MR) is 102 cm³/mol. The molecule has 0 atom stereocenters. The highest BCUT2D eigenvalue weighted by atomic mass is 32.2. The van der Waals surface area contributed by atoms with E-state index in [1.54, 1.807) is 12.1 Å². The number of thioether (sulfide) groups is 1. The molecule has 1 fully saturated rings. The van der Waals surface area contributed by atoms with Crippen LogP contribution >= 0.6 is 11.8 Å². The summed E-state index contributed by atoms with van der Waals surface area (Å²) in [4.78, 5) is 22.2. The summed E-state index contributed by atoms with van der Waals surface area (Å²) in [6.45, 7) is 1.81. The number of aryl methyl sites for hydroxylation is 1. The molecule has 1 saturated heterocycles.